The smallest absolute Gasteiger partial charge is 0.419 e. The first-order valence-electron chi connectivity index (χ1n) is 11.7. The number of halogens is 4. The maximum Gasteiger partial charge on any atom is 0.419 e. The molecule has 0 bridgehead atoms. The zero-order chi connectivity index (χ0) is 26.6. The van der Waals surface area contributed by atoms with Crippen LogP contribution in [0.4, 0.5) is 17.6 Å². The maximum absolute atomic E-state index is 14.0. The summed E-state index contributed by atoms with van der Waals surface area (Å²) in [6, 6.07) is 6.81. The molecule has 1 saturated heterocycles. The fraction of sp³-hybridized carbons (Fsp3) is 0.480. The second-order valence-electron chi connectivity index (χ2n) is 9.80. The normalized spacial score (nSPS) is 25.6. The Morgan fingerprint density at radius 3 is 2.28 bits per heavy atom. The summed E-state index contributed by atoms with van der Waals surface area (Å²) in [5.41, 5.74) is 0.316. The molecular formula is C25H28F4N2O4S. The molecule has 4 atom stereocenters. The van der Waals surface area contributed by atoms with Gasteiger partial charge in [-0.1, -0.05) is 25.1 Å². The molecule has 0 aromatic heterocycles. The Hall–Kier alpha value is -2.50. The lowest BCUT2D eigenvalue weighted by atomic mass is 9.95. The van der Waals surface area contributed by atoms with Crippen LogP contribution in [0.2, 0.25) is 0 Å². The fourth-order valence-corrected chi connectivity index (χ4v) is 7.73. The van der Waals surface area contributed by atoms with E-state index < -0.39 is 51.6 Å². The third-order valence-electron chi connectivity index (χ3n) is 7.22. The van der Waals surface area contributed by atoms with Crippen molar-refractivity contribution in [3.05, 3.63) is 64.5 Å². The minimum atomic E-state index is -4.77. The number of benzene rings is 2. The molecule has 1 aliphatic carbocycles. The average molecular weight is 529 g/mol. The molecule has 196 valence electrons. The van der Waals surface area contributed by atoms with Crippen LogP contribution in [-0.2, 0) is 34.0 Å². The number of aliphatic carboxylic acids is 1. The van der Waals surface area contributed by atoms with Gasteiger partial charge in [0.15, 0.2) is 0 Å². The molecule has 2 aliphatic rings. The Balaban J connectivity index is 1.55. The Morgan fingerprint density at radius 1 is 1.08 bits per heavy atom. The minimum absolute atomic E-state index is 0.118. The third-order valence-corrected chi connectivity index (χ3v) is 9.43. The van der Waals surface area contributed by atoms with Gasteiger partial charge in [-0.05, 0) is 61.1 Å². The second kappa shape index (κ2) is 9.42. The summed E-state index contributed by atoms with van der Waals surface area (Å²) in [6.07, 6.45) is -4.63. The van der Waals surface area contributed by atoms with Gasteiger partial charge in [0.25, 0.3) is 0 Å². The van der Waals surface area contributed by atoms with E-state index in [1.54, 1.807) is 32.9 Å². The van der Waals surface area contributed by atoms with E-state index >= 15 is 0 Å². The number of sulfonamides is 1. The van der Waals surface area contributed by atoms with Crippen molar-refractivity contribution in [2.45, 2.75) is 62.8 Å². The molecule has 6 nitrogen and oxygen atoms in total. The molecule has 0 spiro atoms. The van der Waals surface area contributed by atoms with Crippen LogP contribution in [0.1, 0.15) is 48.9 Å². The van der Waals surface area contributed by atoms with E-state index in [0.717, 1.165) is 17.7 Å². The number of alkyl halides is 3. The summed E-state index contributed by atoms with van der Waals surface area (Å²) in [7, 11) is -3.95. The van der Waals surface area contributed by atoms with E-state index in [-0.39, 0.29) is 23.8 Å². The van der Waals surface area contributed by atoms with Crippen LogP contribution in [0.5, 0.6) is 0 Å². The molecule has 4 rings (SSSR count). The number of carboxylic acids is 1. The molecule has 36 heavy (non-hydrogen) atoms. The number of nitrogens with zero attached hydrogens (tertiary/aromatic N) is 2. The van der Waals surface area contributed by atoms with Gasteiger partial charge in [0.05, 0.1) is 16.4 Å². The lowest BCUT2D eigenvalue weighted by Gasteiger charge is -2.43. The van der Waals surface area contributed by atoms with E-state index in [4.69, 9.17) is 0 Å². The Bertz CT molecular complexity index is 1270. The summed E-state index contributed by atoms with van der Waals surface area (Å²) in [5.74, 6) is -3.29. The van der Waals surface area contributed by atoms with E-state index in [0.29, 0.717) is 24.2 Å². The summed E-state index contributed by atoms with van der Waals surface area (Å²) >= 11 is 0. The van der Waals surface area contributed by atoms with Gasteiger partial charge in [-0.15, -0.1) is 0 Å². The Labute approximate surface area is 207 Å². The first-order chi connectivity index (χ1) is 16.7. The number of hydrogen-bond acceptors (Lipinski definition) is 4. The van der Waals surface area contributed by atoms with Gasteiger partial charge in [0.2, 0.25) is 10.0 Å². The van der Waals surface area contributed by atoms with Crippen molar-refractivity contribution >= 4 is 16.0 Å². The molecule has 1 N–H and O–H groups in total. The van der Waals surface area contributed by atoms with Crippen LogP contribution in [0, 0.1) is 11.7 Å². The van der Waals surface area contributed by atoms with Crippen LogP contribution in [0.15, 0.2) is 41.3 Å². The van der Waals surface area contributed by atoms with Crippen molar-refractivity contribution in [1.82, 2.24) is 9.21 Å². The van der Waals surface area contributed by atoms with E-state index in [2.05, 4.69) is 0 Å². The minimum Gasteiger partial charge on any atom is -0.481 e. The molecule has 0 amide bonds. The second-order valence-corrected chi connectivity index (χ2v) is 11.6. The number of piperazine rings is 1. The van der Waals surface area contributed by atoms with Crippen molar-refractivity contribution in [3.8, 4) is 0 Å². The largest absolute Gasteiger partial charge is 0.481 e. The third kappa shape index (κ3) is 4.76. The monoisotopic (exact) mass is 528 g/mol. The number of carbonyl (C=O) groups is 1. The summed E-state index contributed by atoms with van der Waals surface area (Å²) < 4.78 is 81.6. The maximum atomic E-state index is 14.0. The van der Waals surface area contributed by atoms with E-state index in [1.165, 1.54) is 16.4 Å². The van der Waals surface area contributed by atoms with Crippen molar-refractivity contribution in [2.75, 3.05) is 13.1 Å². The first kappa shape index (κ1) is 26.6. The molecule has 0 radical (unpaired) electrons. The zero-order valence-corrected chi connectivity index (χ0v) is 20.9. The lowest BCUT2D eigenvalue weighted by Crippen LogP contribution is -2.58. The van der Waals surface area contributed by atoms with Crippen molar-refractivity contribution in [1.29, 1.82) is 0 Å². The summed E-state index contributed by atoms with van der Waals surface area (Å²) in [4.78, 5) is 13.7. The van der Waals surface area contributed by atoms with Crippen molar-refractivity contribution in [2.24, 2.45) is 5.92 Å². The quantitative estimate of drug-likeness (QED) is 0.579. The van der Waals surface area contributed by atoms with Crippen LogP contribution in [0.3, 0.4) is 0 Å². The molecule has 1 heterocycles. The van der Waals surface area contributed by atoms with E-state index in [9.17, 15) is 35.9 Å². The standard InChI is InChI=1S/C25H28F4N2O4S/c1-14-11-30(13-17-7-8-21(22(26)9-17)25(27,28)29)12-15(2)31(14)36(34,35)23-6-4-5-18-16(3)19(24(32)33)10-20(18)23/h4-9,14-16,19H,10-13H2,1-3H3,(H,32,33). The van der Waals surface area contributed by atoms with Crippen LogP contribution in [-0.4, -0.2) is 53.9 Å². The lowest BCUT2D eigenvalue weighted by molar-refractivity contribution is -0.142. The SMILES string of the molecule is CC1c2cccc(S(=O)(=O)N3C(C)CN(Cc4ccc(C(F)(F)F)c(F)c4)CC3C)c2CC1C(=O)O. The van der Waals surface area contributed by atoms with Crippen molar-refractivity contribution in [3.63, 3.8) is 0 Å². The molecule has 11 heteroatoms. The summed E-state index contributed by atoms with van der Waals surface area (Å²) in [6.45, 7) is 6.06. The number of fused-ring (bicyclic) bond motifs is 1. The fourth-order valence-electron chi connectivity index (χ4n) is 5.66. The van der Waals surface area contributed by atoms with Gasteiger partial charge in [-0.25, -0.2) is 12.8 Å². The number of rotatable bonds is 5. The predicted octanol–water partition coefficient (Wildman–Crippen LogP) is 4.49. The van der Waals surface area contributed by atoms with E-state index in [1.807, 2.05) is 4.90 Å². The van der Waals surface area contributed by atoms with Crippen LogP contribution < -0.4 is 0 Å². The topological polar surface area (TPSA) is 77.9 Å². The zero-order valence-electron chi connectivity index (χ0n) is 20.1. The molecule has 0 saturated carbocycles. The first-order valence-corrected chi connectivity index (χ1v) is 13.1. The highest BCUT2D eigenvalue weighted by molar-refractivity contribution is 7.89. The average Bonchev–Trinajstić information content (AvgIpc) is 3.09. The molecular weight excluding hydrogens is 500 g/mol. The molecule has 4 unspecified atom stereocenters. The van der Waals surface area contributed by atoms with Gasteiger partial charge >= 0.3 is 12.1 Å². The molecule has 1 aliphatic heterocycles. The molecule has 1 fully saturated rings. The van der Waals surface area contributed by atoms with Crippen molar-refractivity contribution < 1.29 is 35.9 Å². The van der Waals surface area contributed by atoms with Gasteiger partial charge in [-0.3, -0.25) is 9.69 Å². The molecule has 2 aromatic rings. The Morgan fingerprint density at radius 2 is 1.72 bits per heavy atom. The van der Waals surface area contributed by atoms with Gasteiger partial charge in [-0.2, -0.15) is 17.5 Å². The molecule has 2 aromatic carbocycles. The van der Waals surface area contributed by atoms with Crippen LogP contribution >= 0.6 is 0 Å². The Kier molecular flexibility index (Phi) is 6.95. The van der Waals surface area contributed by atoms with Gasteiger partial charge in [0.1, 0.15) is 5.82 Å². The van der Waals surface area contributed by atoms with Gasteiger partial charge in [0, 0.05) is 31.7 Å². The highest BCUT2D eigenvalue weighted by atomic mass is 32.2. The summed E-state index contributed by atoms with van der Waals surface area (Å²) in [5, 5.41) is 9.56. The highest BCUT2D eigenvalue weighted by Gasteiger charge is 2.43. The predicted molar refractivity (Wildman–Crippen MR) is 124 cm³/mol. The number of hydrogen-bond donors (Lipinski definition) is 1. The van der Waals surface area contributed by atoms with Gasteiger partial charge < -0.3 is 5.11 Å². The highest BCUT2D eigenvalue weighted by Crippen LogP contribution is 2.42. The number of carboxylic acid groups (broad SMARTS) is 1. The van der Waals surface area contributed by atoms with Crippen LogP contribution in [0.25, 0.3) is 0 Å².